The van der Waals surface area contributed by atoms with Crippen molar-refractivity contribution in [2.45, 2.75) is 71.5 Å². The zero-order valence-electron chi connectivity index (χ0n) is 28.7. The van der Waals surface area contributed by atoms with Gasteiger partial charge in [0.15, 0.2) is 0 Å². The summed E-state index contributed by atoms with van der Waals surface area (Å²) < 4.78 is 74.9. The molecule has 11 nitrogen and oxygen atoms in total. The molecule has 1 aliphatic heterocycles. The summed E-state index contributed by atoms with van der Waals surface area (Å²) in [5, 5.41) is 2.73. The maximum Gasteiger partial charge on any atom is 0.407 e. The Labute approximate surface area is 290 Å². The minimum atomic E-state index is -3.91. The van der Waals surface area contributed by atoms with Gasteiger partial charge >= 0.3 is 25.6 Å². The fourth-order valence-electron chi connectivity index (χ4n) is 5.15. The van der Waals surface area contributed by atoms with E-state index in [0.29, 0.717) is 16.7 Å². The van der Waals surface area contributed by atoms with Gasteiger partial charge in [0.1, 0.15) is 49.4 Å². The first-order valence-corrected chi connectivity index (χ1v) is 17.9. The Morgan fingerprint density at radius 1 is 0.880 bits per heavy atom. The maximum absolute atomic E-state index is 13.7. The normalized spacial score (nSPS) is 20.1. The molecule has 1 aliphatic rings. The summed E-state index contributed by atoms with van der Waals surface area (Å²) in [5.74, 6) is -2.16. The minimum absolute atomic E-state index is 0.0557. The van der Waals surface area contributed by atoms with Gasteiger partial charge in [-0.25, -0.2) is 18.1 Å². The number of carbonyl (C=O) groups excluding carboxylic acids is 3. The molecule has 4 rings (SSSR count). The second kappa shape index (κ2) is 16.6. The van der Waals surface area contributed by atoms with E-state index in [1.165, 1.54) is 37.9 Å². The third-order valence-corrected chi connectivity index (χ3v) is 8.94. The highest BCUT2D eigenvalue weighted by molar-refractivity contribution is 7.53. The number of esters is 2. The first-order chi connectivity index (χ1) is 23.5. The number of amides is 1. The van der Waals surface area contributed by atoms with Crippen LogP contribution in [0.15, 0.2) is 72.8 Å². The summed E-state index contributed by atoms with van der Waals surface area (Å²) in [5.41, 5.74) is 1.14. The summed E-state index contributed by atoms with van der Waals surface area (Å²) >= 11 is 0. The predicted octanol–water partition coefficient (Wildman–Crippen LogP) is 6.92. The first-order valence-electron chi connectivity index (χ1n) is 16.0. The van der Waals surface area contributed by atoms with Gasteiger partial charge in [0, 0.05) is 19.5 Å². The number of carbonyl (C=O) groups is 3. The van der Waals surface area contributed by atoms with E-state index in [1.54, 1.807) is 76.2 Å². The van der Waals surface area contributed by atoms with Gasteiger partial charge in [-0.2, -0.15) is 0 Å². The standard InChI is InChI=1S/C36H42F2NO10P/c1-22-32(39-35(42)46-20-30(25-9-13-27(37)14-10-25)26-11-15-28(38)16-12-26)33(31(47-22)21-45-34(41)36(3,4)5)49-50(6,43)48-29-17-7-24(8-18-29)19-44-23(2)40/h7-18,22,30-33H,19-21H2,1-6H3,(H,39,42)/t22-,31+,32?,33?,50?/m0/s1. The van der Waals surface area contributed by atoms with Crippen LogP contribution in [0.4, 0.5) is 13.6 Å². The van der Waals surface area contributed by atoms with Crippen molar-refractivity contribution in [2.24, 2.45) is 5.41 Å². The molecule has 0 saturated carbocycles. The zero-order chi connectivity index (χ0) is 36.6. The lowest BCUT2D eigenvalue weighted by atomic mass is 9.92. The van der Waals surface area contributed by atoms with Gasteiger partial charge in [-0.15, -0.1) is 0 Å². The summed E-state index contributed by atoms with van der Waals surface area (Å²) in [7, 11) is -3.91. The van der Waals surface area contributed by atoms with Gasteiger partial charge in [-0.3, -0.25) is 14.1 Å². The van der Waals surface area contributed by atoms with Crippen molar-refractivity contribution >= 4 is 25.6 Å². The first kappa shape index (κ1) is 38.5. The molecular formula is C36H42F2NO10P. The van der Waals surface area contributed by atoms with Crippen molar-refractivity contribution in [3.8, 4) is 5.75 Å². The lowest BCUT2D eigenvalue weighted by molar-refractivity contribution is -0.158. The van der Waals surface area contributed by atoms with Crippen LogP contribution in [-0.2, 0) is 44.2 Å². The van der Waals surface area contributed by atoms with Gasteiger partial charge in [-0.1, -0.05) is 36.4 Å². The number of hydrogen-bond donors (Lipinski definition) is 1. The number of benzene rings is 3. The van der Waals surface area contributed by atoms with Crippen LogP contribution >= 0.6 is 7.60 Å². The highest BCUT2D eigenvalue weighted by Gasteiger charge is 2.48. The summed E-state index contributed by atoms with van der Waals surface area (Å²) in [6, 6.07) is 16.8. The van der Waals surface area contributed by atoms with Gasteiger partial charge in [0.25, 0.3) is 0 Å². The smallest absolute Gasteiger partial charge is 0.407 e. The van der Waals surface area contributed by atoms with Crippen molar-refractivity contribution < 1.29 is 55.7 Å². The largest absolute Gasteiger partial charge is 0.462 e. The highest BCUT2D eigenvalue weighted by Crippen LogP contribution is 2.48. The summed E-state index contributed by atoms with van der Waals surface area (Å²) in [4.78, 5) is 37.0. The Balaban J connectivity index is 1.50. The van der Waals surface area contributed by atoms with E-state index >= 15 is 0 Å². The van der Waals surface area contributed by atoms with E-state index in [2.05, 4.69) is 5.32 Å². The number of rotatable bonds is 13. The summed E-state index contributed by atoms with van der Waals surface area (Å²) in [6.07, 6.45) is -3.64. The van der Waals surface area contributed by atoms with Gasteiger partial charge in [0.05, 0.1) is 17.6 Å². The molecule has 14 heteroatoms. The van der Waals surface area contributed by atoms with Crippen molar-refractivity contribution in [3.05, 3.63) is 101 Å². The number of hydrogen-bond acceptors (Lipinski definition) is 10. The van der Waals surface area contributed by atoms with Gasteiger partial charge < -0.3 is 28.8 Å². The molecule has 1 amide bonds. The molecule has 3 aromatic carbocycles. The SMILES string of the molecule is CC(=O)OCc1ccc(OP(C)(=O)OC2C(NC(=O)OCC(c3ccc(F)cc3)c3ccc(F)cc3)[C@H](C)O[C@@H]2COC(=O)C(C)(C)C)cc1. The topological polar surface area (TPSA) is 136 Å². The molecule has 1 N–H and O–H groups in total. The lowest BCUT2D eigenvalue weighted by Crippen LogP contribution is -2.49. The molecule has 50 heavy (non-hydrogen) atoms. The monoisotopic (exact) mass is 717 g/mol. The van der Waals surface area contributed by atoms with Crippen molar-refractivity contribution in [3.63, 3.8) is 0 Å². The second-order valence-corrected chi connectivity index (χ2v) is 14.9. The summed E-state index contributed by atoms with van der Waals surface area (Å²) in [6.45, 7) is 8.90. The third kappa shape index (κ3) is 11.1. The predicted molar refractivity (Wildman–Crippen MR) is 179 cm³/mol. The molecule has 1 fully saturated rings. The third-order valence-electron chi connectivity index (χ3n) is 7.77. The van der Waals surface area contributed by atoms with E-state index in [9.17, 15) is 27.7 Å². The molecular weight excluding hydrogens is 675 g/mol. The zero-order valence-corrected chi connectivity index (χ0v) is 29.6. The van der Waals surface area contributed by atoms with Crippen molar-refractivity contribution in [1.82, 2.24) is 5.32 Å². The molecule has 1 heterocycles. The van der Waals surface area contributed by atoms with Crippen LogP contribution in [0.2, 0.25) is 0 Å². The quantitative estimate of drug-likeness (QED) is 0.113. The van der Waals surface area contributed by atoms with Crippen LogP contribution in [0.25, 0.3) is 0 Å². The van der Waals surface area contributed by atoms with E-state index in [4.69, 9.17) is 28.0 Å². The van der Waals surface area contributed by atoms with E-state index in [1.807, 2.05) is 0 Å². The van der Waals surface area contributed by atoms with Crippen LogP contribution in [0.5, 0.6) is 5.75 Å². The Bertz CT molecular complexity index is 1620. The van der Waals surface area contributed by atoms with Crippen LogP contribution in [-0.4, -0.2) is 62.3 Å². The number of nitrogens with one attached hydrogen (secondary N) is 1. The van der Waals surface area contributed by atoms with Crippen molar-refractivity contribution in [1.29, 1.82) is 0 Å². The second-order valence-electron chi connectivity index (χ2n) is 13.0. The van der Waals surface area contributed by atoms with Crippen LogP contribution in [0.3, 0.4) is 0 Å². The Kier molecular flexibility index (Phi) is 12.8. The molecule has 270 valence electrons. The van der Waals surface area contributed by atoms with E-state index in [-0.39, 0.29) is 25.6 Å². The fraction of sp³-hybridized carbons (Fsp3) is 0.417. The molecule has 0 radical (unpaired) electrons. The number of halogens is 2. The van der Waals surface area contributed by atoms with E-state index in [0.717, 1.165) is 0 Å². The average Bonchev–Trinajstić information content (AvgIpc) is 3.32. The van der Waals surface area contributed by atoms with Gasteiger partial charge in [0.2, 0.25) is 0 Å². The molecule has 0 aliphatic carbocycles. The van der Waals surface area contributed by atoms with Crippen LogP contribution in [0.1, 0.15) is 57.2 Å². The molecule has 0 aromatic heterocycles. The molecule has 5 atom stereocenters. The number of ether oxygens (including phenoxy) is 4. The highest BCUT2D eigenvalue weighted by atomic mass is 31.2. The average molecular weight is 718 g/mol. The maximum atomic E-state index is 13.7. The van der Waals surface area contributed by atoms with Crippen LogP contribution < -0.4 is 9.84 Å². The lowest BCUT2D eigenvalue weighted by Gasteiger charge is -2.28. The molecule has 1 saturated heterocycles. The molecule has 3 unspecified atom stereocenters. The number of alkyl carbamates (subject to hydrolysis) is 1. The Hall–Kier alpha value is -4.32. The van der Waals surface area contributed by atoms with E-state index < -0.39 is 72.9 Å². The molecule has 0 bridgehead atoms. The Morgan fingerprint density at radius 2 is 1.44 bits per heavy atom. The Morgan fingerprint density at radius 3 is 1.96 bits per heavy atom. The minimum Gasteiger partial charge on any atom is -0.462 e. The van der Waals surface area contributed by atoms with Crippen LogP contribution in [0, 0.1) is 17.0 Å². The van der Waals surface area contributed by atoms with Gasteiger partial charge in [-0.05, 0) is 80.8 Å². The van der Waals surface area contributed by atoms with Crippen molar-refractivity contribution in [2.75, 3.05) is 19.9 Å². The molecule has 3 aromatic rings. The fourth-order valence-corrected chi connectivity index (χ4v) is 6.41. The molecule has 0 spiro atoms.